The molecule has 1 atom stereocenters. The number of benzene rings is 2. The van der Waals surface area contributed by atoms with Crippen LogP contribution in [0.5, 0.6) is 5.75 Å². The van der Waals surface area contributed by atoms with Gasteiger partial charge in [0.15, 0.2) is 0 Å². The first-order chi connectivity index (χ1) is 11.7. The van der Waals surface area contributed by atoms with Gasteiger partial charge in [0.2, 0.25) is 5.91 Å². The predicted molar refractivity (Wildman–Crippen MR) is 98.9 cm³/mol. The summed E-state index contributed by atoms with van der Waals surface area (Å²) in [5, 5.41) is 0.698. The van der Waals surface area contributed by atoms with Crippen molar-refractivity contribution >= 4 is 29.3 Å². The van der Waals surface area contributed by atoms with Crippen molar-refractivity contribution in [3.05, 3.63) is 59.1 Å². The van der Waals surface area contributed by atoms with Gasteiger partial charge >= 0.3 is 0 Å². The van der Waals surface area contributed by atoms with Crippen LogP contribution in [0.3, 0.4) is 0 Å². The van der Waals surface area contributed by atoms with Gasteiger partial charge in [-0.2, -0.15) is 0 Å². The van der Waals surface area contributed by atoms with Crippen molar-refractivity contribution in [2.24, 2.45) is 0 Å². The largest absolute Gasteiger partial charge is 0.497 e. The Bertz CT molecular complexity index is 705. The van der Waals surface area contributed by atoms with Gasteiger partial charge in [-0.25, -0.2) is 0 Å². The predicted octanol–water partition coefficient (Wildman–Crippen LogP) is 4.80. The van der Waals surface area contributed by atoms with Crippen LogP contribution in [0.4, 0.5) is 0 Å². The summed E-state index contributed by atoms with van der Waals surface area (Å²) in [5.74, 6) is 1.42. The molecule has 1 aliphatic heterocycles. The third-order valence-electron chi connectivity index (χ3n) is 4.26. The minimum atomic E-state index is 0.162. The number of thioether (sulfide) groups is 1. The molecule has 2 aromatic rings. The van der Waals surface area contributed by atoms with E-state index in [4.69, 9.17) is 16.3 Å². The smallest absolute Gasteiger partial charge is 0.233 e. The van der Waals surface area contributed by atoms with Crippen LogP contribution in [-0.4, -0.2) is 30.2 Å². The molecule has 1 saturated heterocycles. The van der Waals surface area contributed by atoms with Crippen molar-refractivity contribution in [2.45, 2.75) is 23.8 Å². The maximum atomic E-state index is 12.7. The van der Waals surface area contributed by atoms with Gasteiger partial charge < -0.3 is 9.64 Å². The number of methoxy groups -OCH3 is 1. The van der Waals surface area contributed by atoms with Gasteiger partial charge in [-0.1, -0.05) is 35.9 Å². The molecule has 1 aliphatic rings. The second kappa shape index (κ2) is 7.95. The fraction of sp³-hybridized carbons (Fsp3) is 0.316. The molecule has 1 heterocycles. The number of amides is 1. The summed E-state index contributed by atoms with van der Waals surface area (Å²) in [6.45, 7) is 0.818. The summed E-state index contributed by atoms with van der Waals surface area (Å²) in [6.07, 6.45) is 2.05. The highest BCUT2D eigenvalue weighted by molar-refractivity contribution is 8.00. The second-order valence-electron chi connectivity index (χ2n) is 5.74. The molecule has 0 saturated carbocycles. The second-order valence-corrected chi connectivity index (χ2v) is 7.16. The van der Waals surface area contributed by atoms with E-state index in [0.29, 0.717) is 10.8 Å². The molecule has 0 aromatic heterocycles. The highest BCUT2D eigenvalue weighted by Crippen LogP contribution is 2.34. The van der Waals surface area contributed by atoms with Gasteiger partial charge in [0.05, 0.1) is 23.9 Å². The lowest BCUT2D eigenvalue weighted by Crippen LogP contribution is -2.31. The number of likely N-dealkylation sites (tertiary alicyclic amines) is 1. The van der Waals surface area contributed by atoms with Crippen molar-refractivity contribution in [1.82, 2.24) is 4.90 Å². The van der Waals surface area contributed by atoms with Crippen LogP contribution in [0.15, 0.2) is 53.4 Å². The molecule has 0 aliphatic carbocycles. The Morgan fingerprint density at radius 1 is 1.25 bits per heavy atom. The molecule has 2 aromatic carbocycles. The molecule has 5 heteroatoms. The first-order valence-corrected chi connectivity index (χ1v) is 9.36. The summed E-state index contributed by atoms with van der Waals surface area (Å²) < 4.78 is 5.21. The Balaban J connectivity index is 1.66. The number of hydrogen-bond acceptors (Lipinski definition) is 3. The Hall–Kier alpha value is -1.65. The van der Waals surface area contributed by atoms with Crippen molar-refractivity contribution in [3.63, 3.8) is 0 Å². The summed E-state index contributed by atoms with van der Waals surface area (Å²) in [5.41, 5.74) is 1.17. The van der Waals surface area contributed by atoms with E-state index in [9.17, 15) is 4.79 Å². The van der Waals surface area contributed by atoms with Crippen molar-refractivity contribution in [2.75, 3.05) is 19.4 Å². The lowest BCUT2D eigenvalue weighted by atomic mass is 10.0. The van der Waals surface area contributed by atoms with Crippen LogP contribution in [-0.2, 0) is 4.79 Å². The average molecular weight is 362 g/mol. The van der Waals surface area contributed by atoms with Crippen LogP contribution in [0.2, 0.25) is 5.02 Å². The average Bonchev–Trinajstić information content (AvgIpc) is 3.10. The van der Waals surface area contributed by atoms with Gasteiger partial charge in [-0.3, -0.25) is 4.79 Å². The summed E-state index contributed by atoms with van der Waals surface area (Å²) in [7, 11) is 1.66. The first kappa shape index (κ1) is 17.2. The molecule has 0 bridgehead atoms. The fourth-order valence-electron chi connectivity index (χ4n) is 3.02. The third-order valence-corrected chi connectivity index (χ3v) is 5.76. The molecular formula is C19H20ClNO2S. The van der Waals surface area contributed by atoms with E-state index in [-0.39, 0.29) is 11.9 Å². The van der Waals surface area contributed by atoms with Crippen LogP contribution < -0.4 is 4.74 Å². The van der Waals surface area contributed by atoms with Crippen molar-refractivity contribution in [1.29, 1.82) is 0 Å². The van der Waals surface area contributed by atoms with E-state index in [2.05, 4.69) is 12.1 Å². The normalized spacial score (nSPS) is 17.1. The zero-order valence-corrected chi connectivity index (χ0v) is 15.1. The van der Waals surface area contributed by atoms with E-state index >= 15 is 0 Å². The van der Waals surface area contributed by atoms with E-state index in [1.54, 1.807) is 7.11 Å². The number of carbonyl (C=O) groups excluding carboxylic acids is 1. The standard InChI is InChI=1S/C19H20ClNO2S/c1-23-15-10-8-14(9-11-15)17-6-4-12-21(17)19(22)13-24-18-7-3-2-5-16(18)20/h2-3,5,7-11,17H,4,6,12-13H2,1H3. The summed E-state index contributed by atoms with van der Waals surface area (Å²) >= 11 is 7.67. The van der Waals surface area contributed by atoms with E-state index in [1.807, 2.05) is 41.3 Å². The van der Waals surface area contributed by atoms with Crippen molar-refractivity contribution < 1.29 is 9.53 Å². The molecule has 3 rings (SSSR count). The van der Waals surface area contributed by atoms with E-state index < -0.39 is 0 Å². The summed E-state index contributed by atoms with van der Waals surface area (Å²) in [4.78, 5) is 15.6. The Morgan fingerprint density at radius 3 is 2.71 bits per heavy atom. The molecule has 126 valence electrons. The van der Waals surface area contributed by atoms with Gasteiger partial charge in [-0.15, -0.1) is 11.8 Å². The Kier molecular flexibility index (Phi) is 5.69. The molecule has 0 spiro atoms. The minimum Gasteiger partial charge on any atom is -0.497 e. The molecule has 24 heavy (non-hydrogen) atoms. The van der Waals surface area contributed by atoms with Crippen LogP contribution in [0, 0.1) is 0 Å². The van der Waals surface area contributed by atoms with Crippen LogP contribution >= 0.6 is 23.4 Å². The molecule has 1 fully saturated rings. The SMILES string of the molecule is COc1ccc(C2CCCN2C(=O)CSc2ccccc2Cl)cc1. The van der Waals surface area contributed by atoms with Crippen LogP contribution in [0.1, 0.15) is 24.4 Å². The topological polar surface area (TPSA) is 29.5 Å². The Morgan fingerprint density at radius 2 is 2.00 bits per heavy atom. The van der Waals surface area contributed by atoms with Crippen molar-refractivity contribution in [3.8, 4) is 5.75 Å². The lowest BCUT2D eigenvalue weighted by molar-refractivity contribution is -0.129. The highest BCUT2D eigenvalue weighted by Gasteiger charge is 2.29. The van der Waals surface area contributed by atoms with Gasteiger partial charge in [0, 0.05) is 11.4 Å². The zero-order chi connectivity index (χ0) is 16.9. The van der Waals surface area contributed by atoms with Crippen LogP contribution in [0.25, 0.3) is 0 Å². The number of halogens is 1. The Labute approximate surface area is 151 Å². The maximum Gasteiger partial charge on any atom is 0.233 e. The molecule has 3 nitrogen and oxygen atoms in total. The van der Waals surface area contributed by atoms with Gasteiger partial charge in [0.1, 0.15) is 5.75 Å². The molecule has 0 N–H and O–H groups in total. The number of ether oxygens (including phenoxy) is 1. The molecule has 1 amide bonds. The number of carbonyl (C=O) groups is 1. The van der Waals surface area contributed by atoms with E-state index in [1.165, 1.54) is 17.3 Å². The number of rotatable bonds is 5. The zero-order valence-electron chi connectivity index (χ0n) is 13.6. The van der Waals surface area contributed by atoms with Gasteiger partial charge in [0.25, 0.3) is 0 Å². The molecule has 0 radical (unpaired) electrons. The maximum absolute atomic E-state index is 12.7. The number of hydrogen-bond donors (Lipinski definition) is 0. The fourth-order valence-corrected chi connectivity index (χ4v) is 4.15. The lowest BCUT2D eigenvalue weighted by Gasteiger charge is -2.25. The monoisotopic (exact) mass is 361 g/mol. The van der Waals surface area contributed by atoms with E-state index in [0.717, 1.165) is 30.0 Å². The van der Waals surface area contributed by atoms with Gasteiger partial charge in [-0.05, 0) is 42.7 Å². The third kappa shape index (κ3) is 3.87. The first-order valence-electron chi connectivity index (χ1n) is 8.00. The quantitative estimate of drug-likeness (QED) is 0.716. The number of nitrogens with zero attached hydrogens (tertiary/aromatic N) is 1. The molecular weight excluding hydrogens is 342 g/mol. The highest BCUT2D eigenvalue weighted by atomic mass is 35.5. The molecule has 1 unspecified atom stereocenters. The minimum absolute atomic E-state index is 0.162. The summed E-state index contributed by atoms with van der Waals surface area (Å²) in [6, 6.07) is 15.8.